The summed E-state index contributed by atoms with van der Waals surface area (Å²) in [6, 6.07) is 10.1. The number of pyridine rings is 1. The molecule has 2 aliphatic heterocycles. The molecule has 0 radical (unpaired) electrons. The Hall–Kier alpha value is -2.65. The third kappa shape index (κ3) is 4.04. The number of rotatable bonds is 4. The van der Waals surface area contributed by atoms with Crippen molar-refractivity contribution in [2.75, 3.05) is 26.2 Å². The zero-order chi connectivity index (χ0) is 18.6. The van der Waals surface area contributed by atoms with Crippen molar-refractivity contribution < 1.29 is 9.53 Å². The molecule has 1 aromatic carbocycles. The number of hydrogen-bond donors (Lipinski definition) is 0. The maximum Gasteiger partial charge on any atom is 0.237 e. The molecule has 0 unspecified atom stereocenters. The van der Waals surface area contributed by atoms with Gasteiger partial charge in [-0.2, -0.15) is 5.26 Å². The average molecular weight is 364 g/mol. The molecular formula is C21H24N4O2. The summed E-state index contributed by atoms with van der Waals surface area (Å²) in [5.74, 6) is 0.958. The second-order valence-corrected chi connectivity index (χ2v) is 7.35. The van der Waals surface area contributed by atoms with E-state index in [1.807, 2.05) is 24.4 Å². The van der Waals surface area contributed by atoms with Crippen LogP contribution in [0, 0.1) is 11.3 Å². The zero-order valence-electron chi connectivity index (χ0n) is 15.4. The minimum Gasteiger partial charge on any atom is -0.490 e. The molecule has 0 aliphatic carbocycles. The Balaban J connectivity index is 1.28. The summed E-state index contributed by atoms with van der Waals surface area (Å²) in [7, 11) is 0. The Bertz CT molecular complexity index is 855. The number of aromatic nitrogens is 1. The Morgan fingerprint density at radius 3 is 2.85 bits per heavy atom. The number of ether oxygens (including phenoxy) is 1. The Labute approximate surface area is 159 Å². The SMILES string of the molecule is N#C[C@@H]1CCCN1C(=O)CN1CCC(Oc2ccc3ccncc3c2)CC1. The van der Waals surface area contributed by atoms with Crippen molar-refractivity contribution in [1.29, 1.82) is 5.26 Å². The summed E-state index contributed by atoms with van der Waals surface area (Å²) in [5.41, 5.74) is 0. The Morgan fingerprint density at radius 1 is 1.19 bits per heavy atom. The molecule has 2 saturated heterocycles. The molecule has 140 valence electrons. The molecule has 1 atom stereocenters. The monoisotopic (exact) mass is 364 g/mol. The van der Waals surface area contributed by atoms with Gasteiger partial charge in [0.2, 0.25) is 5.91 Å². The molecule has 6 nitrogen and oxygen atoms in total. The van der Waals surface area contributed by atoms with E-state index in [-0.39, 0.29) is 18.1 Å². The van der Waals surface area contributed by atoms with Gasteiger partial charge in [0.05, 0.1) is 12.6 Å². The number of carbonyl (C=O) groups is 1. The highest BCUT2D eigenvalue weighted by Gasteiger charge is 2.30. The molecule has 2 fully saturated rings. The van der Waals surface area contributed by atoms with Gasteiger partial charge in [-0.3, -0.25) is 14.7 Å². The topological polar surface area (TPSA) is 69.5 Å². The predicted octanol–water partition coefficient (Wildman–Crippen LogP) is 2.59. The van der Waals surface area contributed by atoms with Crippen LogP contribution in [0.2, 0.25) is 0 Å². The largest absolute Gasteiger partial charge is 0.490 e. The smallest absolute Gasteiger partial charge is 0.237 e. The molecule has 0 saturated carbocycles. The van der Waals surface area contributed by atoms with E-state index in [2.05, 4.69) is 22.0 Å². The number of benzene rings is 1. The first-order valence-electron chi connectivity index (χ1n) is 9.65. The van der Waals surface area contributed by atoms with Gasteiger partial charge in [0.15, 0.2) is 0 Å². The van der Waals surface area contributed by atoms with Crippen LogP contribution in [0.4, 0.5) is 0 Å². The molecule has 1 aromatic heterocycles. The van der Waals surface area contributed by atoms with Crippen LogP contribution in [0.15, 0.2) is 36.7 Å². The molecule has 3 heterocycles. The van der Waals surface area contributed by atoms with E-state index in [0.29, 0.717) is 13.1 Å². The molecule has 2 aliphatic rings. The fourth-order valence-corrected chi connectivity index (χ4v) is 4.00. The molecule has 0 spiro atoms. The van der Waals surface area contributed by atoms with Gasteiger partial charge in [0, 0.05) is 37.4 Å². The van der Waals surface area contributed by atoms with Crippen LogP contribution in [0.1, 0.15) is 25.7 Å². The van der Waals surface area contributed by atoms with Crippen LogP contribution >= 0.6 is 0 Å². The molecule has 6 heteroatoms. The van der Waals surface area contributed by atoms with Crippen molar-refractivity contribution in [3.05, 3.63) is 36.7 Å². The first-order chi connectivity index (χ1) is 13.2. The van der Waals surface area contributed by atoms with Crippen LogP contribution in [-0.4, -0.2) is 59.0 Å². The maximum absolute atomic E-state index is 12.5. The molecule has 2 aromatic rings. The standard InChI is InChI=1S/C21H24N4O2/c22-13-18-2-1-9-25(18)21(26)15-24-10-6-19(7-11-24)27-20-4-3-16-5-8-23-14-17(16)12-20/h3-5,8,12,14,18-19H,1-2,6-7,9-11,15H2/t18-/m0/s1. The highest BCUT2D eigenvalue weighted by Crippen LogP contribution is 2.24. The van der Waals surface area contributed by atoms with E-state index in [9.17, 15) is 4.79 Å². The lowest BCUT2D eigenvalue weighted by molar-refractivity contribution is -0.132. The van der Waals surface area contributed by atoms with Crippen molar-refractivity contribution >= 4 is 16.7 Å². The molecule has 4 rings (SSSR count). The van der Waals surface area contributed by atoms with Gasteiger partial charge < -0.3 is 9.64 Å². The number of piperidine rings is 1. The summed E-state index contributed by atoms with van der Waals surface area (Å²) in [4.78, 5) is 20.6. The lowest BCUT2D eigenvalue weighted by atomic mass is 10.1. The van der Waals surface area contributed by atoms with Gasteiger partial charge in [-0.05, 0) is 49.3 Å². The van der Waals surface area contributed by atoms with E-state index in [1.165, 1.54) is 0 Å². The van der Waals surface area contributed by atoms with Gasteiger partial charge >= 0.3 is 0 Å². The lowest BCUT2D eigenvalue weighted by Crippen LogP contribution is -2.46. The second-order valence-electron chi connectivity index (χ2n) is 7.35. The minimum atomic E-state index is -0.235. The van der Waals surface area contributed by atoms with E-state index in [1.54, 1.807) is 11.1 Å². The summed E-state index contributed by atoms with van der Waals surface area (Å²) in [5, 5.41) is 11.4. The van der Waals surface area contributed by atoms with Gasteiger partial charge in [0.1, 0.15) is 17.9 Å². The number of nitriles is 1. The van der Waals surface area contributed by atoms with E-state index < -0.39 is 0 Å². The number of fused-ring (bicyclic) bond motifs is 1. The van der Waals surface area contributed by atoms with E-state index in [0.717, 1.165) is 55.3 Å². The van der Waals surface area contributed by atoms with Crippen molar-refractivity contribution in [3.63, 3.8) is 0 Å². The number of amides is 1. The summed E-state index contributed by atoms with van der Waals surface area (Å²) in [6.45, 7) is 2.81. The second kappa shape index (κ2) is 7.93. The summed E-state index contributed by atoms with van der Waals surface area (Å²) >= 11 is 0. The quantitative estimate of drug-likeness (QED) is 0.834. The highest BCUT2D eigenvalue weighted by atomic mass is 16.5. The number of hydrogen-bond acceptors (Lipinski definition) is 5. The van der Waals surface area contributed by atoms with Gasteiger partial charge in [-0.15, -0.1) is 0 Å². The molecule has 0 N–H and O–H groups in total. The van der Waals surface area contributed by atoms with Gasteiger partial charge in [-0.25, -0.2) is 0 Å². The van der Waals surface area contributed by atoms with E-state index >= 15 is 0 Å². The van der Waals surface area contributed by atoms with Crippen LogP contribution in [0.5, 0.6) is 5.75 Å². The first-order valence-corrected chi connectivity index (χ1v) is 9.65. The Kier molecular flexibility index (Phi) is 5.21. The third-order valence-corrected chi connectivity index (χ3v) is 5.53. The normalized spacial score (nSPS) is 21.3. The third-order valence-electron chi connectivity index (χ3n) is 5.53. The summed E-state index contributed by atoms with van der Waals surface area (Å²) in [6.07, 6.45) is 7.36. The molecule has 0 bridgehead atoms. The van der Waals surface area contributed by atoms with Crippen LogP contribution < -0.4 is 4.74 Å². The fourth-order valence-electron chi connectivity index (χ4n) is 4.00. The molecular weight excluding hydrogens is 340 g/mol. The molecule has 27 heavy (non-hydrogen) atoms. The fraction of sp³-hybridized carbons (Fsp3) is 0.476. The van der Waals surface area contributed by atoms with Crippen LogP contribution in [0.25, 0.3) is 10.8 Å². The number of likely N-dealkylation sites (tertiary alicyclic amines) is 2. The van der Waals surface area contributed by atoms with Crippen molar-refractivity contribution in [1.82, 2.24) is 14.8 Å². The van der Waals surface area contributed by atoms with Crippen molar-refractivity contribution in [3.8, 4) is 11.8 Å². The summed E-state index contributed by atoms with van der Waals surface area (Å²) < 4.78 is 6.16. The van der Waals surface area contributed by atoms with Gasteiger partial charge in [0.25, 0.3) is 0 Å². The maximum atomic E-state index is 12.5. The Morgan fingerprint density at radius 2 is 2.04 bits per heavy atom. The van der Waals surface area contributed by atoms with E-state index in [4.69, 9.17) is 10.00 Å². The average Bonchev–Trinajstić information content (AvgIpc) is 3.18. The zero-order valence-corrected chi connectivity index (χ0v) is 15.4. The van der Waals surface area contributed by atoms with Gasteiger partial charge in [-0.1, -0.05) is 6.07 Å². The first kappa shape index (κ1) is 17.7. The van der Waals surface area contributed by atoms with Crippen molar-refractivity contribution in [2.24, 2.45) is 0 Å². The number of nitrogens with zero attached hydrogens (tertiary/aromatic N) is 4. The van der Waals surface area contributed by atoms with Crippen LogP contribution in [0.3, 0.4) is 0 Å². The minimum absolute atomic E-state index is 0.0837. The lowest BCUT2D eigenvalue weighted by Gasteiger charge is -2.33. The molecule has 1 amide bonds. The van der Waals surface area contributed by atoms with Crippen molar-refractivity contribution in [2.45, 2.75) is 37.8 Å². The van der Waals surface area contributed by atoms with Crippen LogP contribution in [-0.2, 0) is 4.79 Å². The predicted molar refractivity (Wildman–Crippen MR) is 102 cm³/mol. The highest BCUT2D eigenvalue weighted by molar-refractivity contribution is 5.82. The number of carbonyl (C=O) groups excluding carboxylic acids is 1.